The van der Waals surface area contributed by atoms with Gasteiger partial charge in [0.1, 0.15) is 17.8 Å². The molecule has 512 valence electrons. The maximum absolute atomic E-state index is 9.79. The van der Waals surface area contributed by atoms with Crippen molar-refractivity contribution < 1.29 is 113 Å². The molecule has 0 aromatic rings. The van der Waals surface area contributed by atoms with E-state index in [1.807, 2.05) is 6.55 Å². The third-order valence-corrected chi connectivity index (χ3v) is 34.9. The van der Waals surface area contributed by atoms with Gasteiger partial charge in [0.15, 0.2) is 47.9 Å². The third kappa shape index (κ3) is 48.9. The van der Waals surface area contributed by atoms with Gasteiger partial charge in [0.05, 0.1) is 50.8 Å². The molecule has 28 heteroatoms. The Balaban J connectivity index is -0.000000479. The second-order valence-corrected chi connectivity index (χ2v) is 45.6. The van der Waals surface area contributed by atoms with Crippen LogP contribution in [0.5, 0.6) is 0 Å². The standard InChI is InChI=1S/C13H30O5Si.C13H28O4Si.2C11H26O5Si.C8H20O4Si/c1-12(15)13(2,16)11-18-8-6-10-19(4,17-3)9-5-7-14;1-17-18(2,8-3-7-14)9-6-11-4-5-12(15)13(16)10-11;1-10(13)11(14)16-7-5-9-17(3,15-2)8-4-6-12;1-15-17(2,7-3-5-12)8-4-6-16-10-11(14)9-13;1-12-13(2,5-3-4-9)7-8(11)6-10/h12,14-16H,5-11H2,1-4H3;11-16H,3-10H2,1-2H3;10-14H,4-9H2,1-3H3;11-14H,3-10H2,1-2H3;8-11H,3-7H2,1-2H3. The van der Waals surface area contributed by atoms with E-state index in [0.29, 0.717) is 44.6 Å². The molecule has 0 heterocycles. The van der Waals surface area contributed by atoms with Crippen LogP contribution in [0.2, 0.25) is 93.2 Å². The summed E-state index contributed by atoms with van der Waals surface area (Å²) in [4.78, 5) is 0. The minimum absolute atomic E-state index is 0.132. The van der Waals surface area contributed by atoms with Gasteiger partial charge in [-0.3, -0.25) is 0 Å². The molecule has 1 aliphatic rings. The van der Waals surface area contributed by atoms with Crippen LogP contribution in [0.25, 0.3) is 0 Å². The highest BCUT2D eigenvalue weighted by molar-refractivity contribution is 6.74. The Labute approximate surface area is 512 Å². The van der Waals surface area contributed by atoms with Crippen molar-refractivity contribution in [3.05, 3.63) is 0 Å². The summed E-state index contributed by atoms with van der Waals surface area (Å²) in [5, 5.41) is 136. The minimum Gasteiger partial charge on any atom is -0.420 e. The van der Waals surface area contributed by atoms with E-state index < -0.39 is 90.1 Å². The Hall–Kier alpha value is 0.164. The van der Waals surface area contributed by atoms with Crippen LogP contribution in [-0.2, 0) is 36.3 Å². The van der Waals surface area contributed by atoms with Crippen LogP contribution in [0.3, 0.4) is 0 Å². The smallest absolute Gasteiger partial charge is 0.191 e. The van der Waals surface area contributed by atoms with Gasteiger partial charge in [0.2, 0.25) is 0 Å². The lowest BCUT2D eigenvalue weighted by molar-refractivity contribution is -0.155. The molecule has 1 saturated carbocycles. The quantitative estimate of drug-likeness (QED) is 0.0235. The van der Waals surface area contributed by atoms with Gasteiger partial charge in [-0.05, 0) is 190 Å². The molecule has 0 aliphatic heterocycles. The molecule has 0 amide bonds. The molecule has 0 bridgehead atoms. The van der Waals surface area contributed by atoms with Crippen molar-refractivity contribution >= 4 is 41.6 Å². The fourth-order valence-corrected chi connectivity index (χ4v) is 21.5. The summed E-state index contributed by atoms with van der Waals surface area (Å²) in [6.45, 7) is 17.6. The van der Waals surface area contributed by atoms with Gasteiger partial charge in [-0.2, -0.15) is 0 Å². The zero-order chi connectivity index (χ0) is 65.3. The van der Waals surface area contributed by atoms with Gasteiger partial charge in [-0.1, -0.05) is 6.42 Å². The molecule has 1 rings (SSSR count). The number of hydrogen-bond acceptors (Lipinski definition) is 23. The van der Waals surface area contributed by atoms with Crippen LogP contribution in [0.15, 0.2) is 0 Å². The van der Waals surface area contributed by atoms with Gasteiger partial charge in [-0.25, -0.2) is 0 Å². The number of ether oxygens (including phenoxy) is 3. The van der Waals surface area contributed by atoms with Crippen molar-refractivity contribution in [3.63, 3.8) is 0 Å². The van der Waals surface area contributed by atoms with Crippen molar-refractivity contribution in [2.45, 2.75) is 240 Å². The Morgan fingerprint density at radius 3 is 1.17 bits per heavy atom. The van der Waals surface area contributed by atoms with Gasteiger partial charge in [0, 0.05) is 88.4 Å². The zero-order valence-electron chi connectivity index (χ0n) is 54.6. The number of aliphatic hydroxyl groups excluding tert-OH is 14. The predicted octanol–water partition coefficient (Wildman–Crippen LogP) is 3.62. The highest BCUT2D eigenvalue weighted by Crippen LogP contribution is 2.32. The van der Waals surface area contributed by atoms with Crippen molar-refractivity contribution in [1.82, 2.24) is 0 Å². The average Bonchev–Trinajstić information content (AvgIpc) is 3.51. The van der Waals surface area contributed by atoms with Crippen molar-refractivity contribution in [2.24, 2.45) is 5.92 Å². The van der Waals surface area contributed by atoms with Gasteiger partial charge < -0.3 is 113 Å². The lowest BCUT2D eigenvalue weighted by Gasteiger charge is -2.32. The van der Waals surface area contributed by atoms with E-state index in [4.69, 9.17) is 82.3 Å². The first kappa shape index (κ1) is 90.6. The second kappa shape index (κ2) is 53.8. The summed E-state index contributed by atoms with van der Waals surface area (Å²) in [5.41, 5.74) is -1.20. The number of aliphatic hydroxyl groups is 15. The molecule has 23 nitrogen and oxygen atoms in total. The van der Waals surface area contributed by atoms with E-state index >= 15 is 0 Å². The van der Waals surface area contributed by atoms with Crippen molar-refractivity contribution in [3.8, 4) is 0 Å². The fourth-order valence-electron chi connectivity index (χ4n) is 8.98. The molecule has 0 spiro atoms. The molecular formula is C56H130O23Si5. The van der Waals surface area contributed by atoms with Crippen LogP contribution >= 0.6 is 0 Å². The first-order valence-electron chi connectivity index (χ1n) is 30.7. The van der Waals surface area contributed by atoms with E-state index in [1.165, 1.54) is 6.92 Å². The minimum atomic E-state index is -1.90. The van der Waals surface area contributed by atoms with E-state index in [0.717, 1.165) is 119 Å². The highest BCUT2D eigenvalue weighted by atomic mass is 28.4. The summed E-state index contributed by atoms with van der Waals surface area (Å²) in [6, 6.07) is 9.14. The lowest BCUT2D eigenvalue weighted by atomic mass is 9.84. The monoisotopic (exact) mass is 1310 g/mol. The molecule has 0 saturated heterocycles. The second-order valence-electron chi connectivity index (χ2n) is 24.1. The highest BCUT2D eigenvalue weighted by Gasteiger charge is 2.34. The average molecular weight is 1310 g/mol. The normalized spacial score (nSPS) is 21.4. The number of hydrogen-bond donors (Lipinski definition) is 15. The van der Waals surface area contributed by atoms with Crippen LogP contribution < -0.4 is 0 Å². The van der Waals surface area contributed by atoms with E-state index in [9.17, 15) is 30.6 Å². The van der Waals surface area contributed by atoms with Crippen LogP contribution in [0, 0.1) is 5.92 Å². The zero-order valence-corrected chi connectivity index (χ0v) is 59.6. The summed E-state index contributed by atoms with van der Waals surface area (Å²) in [6.07, 6.45) is 4.63. The molecule has 1 fully saturated rings. The molecule has 84 heavy (non-hydrogen) atoms. The first-order valence-corrected chi connectivity index (χ1v) is 44.8. The largest absolute Gasteiger partial charge is 0.420 e. The molecule has 14 atom stereocenters. The Morgan fingerprint density at radius 1 is 0.464 bits per heavy atom. The Morgan fingerprint density at radius 2 is 0.821 bits per heavy atom. The topological polar surface area (TPSA) is 377 Å². The summed E-state index contributed by atoms with van der Waals surface area (Å²) < 4.78 is 43.5. The van der Waals surface area contributed by atoms with Crippen molar-refractivity contribution in [1.29, 1.82) is 0 Å². The summed E-state index contributed by atoms with van der Waals surface area (Å²) in [5.74, 6) is 0.513. The van der Waals surface area contributed by atoms with Gasteiger partial charge in [0.25, 0.3) is 0 Å². The van der Waals surface area contributed by atoms with E-state index in [2.05, 4.69) is 26.2 Å². The van der Waals surface area contributed by atoms with Gasteiger partial charge >= 0.3 is 0 Å². The SMILES string of the molecule is CO[Si](C)(CCCO)CC(O)CO.CO[Si](C)(CCCO)CCC1CCC(O)C(O)C1.CO[Si](C)(CCCO)CCCOC(O)C(C)O.CO[Si](C)(CCCO)CCCOCC(C)(O)C(C)O.CO[Si](C)(CCCO)CCCOCC(O)CO. The Bertz CT molecular complexity index is 1450. The van der Waals surface area contributed by atoms with Crippen molar-refractivity contribution in [2.75, 3.05) is 115 Å². The summed E-state index contributed by atoms with van der Waals surface area (Å²) in [7, 11) is -0.0876. The molecule has 0 aromatic carbocycles. The Kier molecular flexibility index (Phi) is 58.0. The van der Waals surface area contributed by atoms with Gasteiger partial charge in [-0.15, -0.1) is 0 Å². The first-order chi connectivity index (χ1) is 39.4. The summed E-state index contributed by atoms with van der Waals surface area (Å²) >= 11 is 0. The van der Waals surface area contributed by atoms with E-state index in [1.54, 1.807) is 49.4 Å². The molecular weight excluding hydrogens is 1180 g/mol. The molecule has 15 N–H and O–H groups in total. The molecule has 0 aromatic heterocycles. The molecule has 0 radical (unpaired) electrons. The third-order valence-electron chi connectivity index (χ3n) is 16.0. The lowest BCUT2D eigenvalue weighted by Crippen LogP contribution is -2.42. The van der Waals surface area contributed by atoms with E-state index in [-0.39, 0.29) is 59.5 Å². The van der Waals surface area contributed by atoms with Crippen LogP contribution in [-0.4, -0.2) is 282 Å². The van der Waals surface area contributed by atoms with Crippen LogP contribution in [0.1, 0.15) is 97.8 Å². The maximum atomic E-state index is 9.79. The predicted molar refractivity (Wildman–Crippen MR) is 341 cm³/mol. The molecule has 1 aliphatic carbocycles. The number of rotatable bonds is 46. The maximum Gasteiger partial charge on any atom is 0.191 e. The fraction of sp³-hybridized carbons (Fsp3) is 1.00. The molecule has 14 unspecified atom stereocenters. The van der Waals surface area contributed by atoms with Crippen LogP contribution in [0.4, 0.5) is 0 Å².